The molecule has 18 heavy (non-hydrogen) atoms. The third kappa shape index (κ3) is 2.34. The molecule has 0 aliphatic carbocycles. The number of hydrogen-bond donors (Lipinski definition) is 1. The largest absolute Gasteiger partial charge is 0.324 e. The summed E-state index contributed by atoms with van der Waals surface area (Å²) in [5.41, 5.74) is 3.41. The van der Waals surface area contributed by atoms with Crippen LogP contribution in [0.4, 0.5) is 10.5 Å². The van der Waals surface area contributed by atoms with E-state index in [9.17, 15) is 4.79 Å². The van der Waals surface area contributed by atoms with E-state index in [1.165, 1.54) is 11.1 Å². The molecule has 0 aromatic heterocycles. The Labute approximate surface area is 109 Å². The number of anilines is 1. The van der Waals surface area contributed by atoms with Gasteiger partial charge in [0.2, 0.25) is 0 Å². The molecule has 1 saturated heterocycles. The first-order valence-corrected chi connectivity index (χ1v) is 6.42. The minimum Gasteiger partial charge on any atom is -0.321 e. The molecule has 1 aliphatic heterocycles. The third-order valence-electron chi connectivity index (χ3n) is 3.44. The van der Waals surface area contributed by atoms with Gasteiger partial charge in [0.1, 0.15) is 0 Å². The summed E-state index contributed by atoms with van der Waals surface area (Å²) in [5, 5.41) is 3.08. The number of rotatable bonds is 4. The van der Waals surface area contributed by atoms with Crippen molar-refractivity contribution in [2.24, 2.45) is 0 Å². The van der Waals surface area contributed by atoms with Crippen molar-refractivity contribution in [1.29, 1.82) is 0 Å². The standard InChI is InChI=1S/C14H21N3O/c1-11-5-4-6-12(2)13(11)17-10-9-16(14(17)18)8-7-15-3/h4-6,15H,7-10H2,1-3H3. The van der Waals surface area contributed by atoms with Crippen LogP contribution in [0.25, 0.3) is 0 Å². The van der Waals surface area contributed by atoms with E-state index in [4.69, 9.17) is 0 Å². The molecule has 1 heterocycles. The van der Waals surface area contributed by atoms with Gasteiger partial charge in [-0.05, 0) is 32.0 Å². The monoisotopic (exact) mass is 247 g/mol. The predicted molar refractivity (Wildman–Crippen MR) is 74.2 cm³/mol. The van der Waals surface area contributed by atoms with Crippen molar-refractivity contribution in [2.45, 2.75) is 13.8 Å². The van der Waals surface area contributed by atoms with Gasteiger partial charge in [-0.1, -0.05) is 18.2 Å². The van der Waals surface area contributed by atoms with E-state index in [2.05, 4.69) is 31.3 Å². The molecule has 0 atom stereocenters. The number of amides is 2. The summed E-state index contributed by atoms with van der Waals surface area (Å²) < 4.78 is 0. The van der Waals surface area contributed by atoms with Crippen molar-refractivity contribution >= 4 is 11.7 Å². The lowest BCUT2D eigenvalue weighted by atomic mass is 10.1. The van der Waals surface area contributed by atoms with Gasteiger partial charge in [0.05, 0.1) is 5.69 Å². The van der Waals surface area contributed by atoms with E-state index in [-0.39, 0.29) is 6.03 Å². The maximum Gasteiger partial charge on any atom is 0.324 e. The van der Waals surface area contributed by atoms with Crippen molar-refractivity contribution in [1.82, 2.24) is 10.2 Å². The molecule has 1 aromatic carbocycles. The lowest BCUT2D eigenvalue weighted by molar-refractivity contribution is 0.221. The molecular weight excluding hydrogens is 226 g/mol. The van der Waals surface area contributed by atoms with Gasteiger partial charge in [-0.15, -0.1) is 0 Å². The highest BCUT2D eigenvalue weighted by atomic mass is 16.2. The number of benzene rings is 1. The summed E-state index contributed by atoms with van der Waals surface area (Å²) in [6.45, 7) is 7.34. The van der Waals surface area contributed by atoms with E-state index in [0.717, 1.165) is 31.9 Å². The van der Waals surface area contributed by atoms with Crippen LogP contribution in [0.5, 0.6) is 0 Å². The molecule has 0 unspecified atom stereocenters. The van der Waals surface area contributed by atoms with Gasteiger partial charge in [-0.25, -0.2) is 4.79 Å². The Morgan fingerprint density at radius 3 is 2.50 bits per heavy atom. The summed E-state index contributed by atoms with van der Waals surface area (Å²) in [7, 11) is 1.91. The lowest BCUT2D eigenvalue weighted by Gasteiger charge is -2.22. The Morgan fingerprint density at radius 1 is 1.22 bits per heavy atom. The molecule has 4 heteroatoms. The second-order valence-electron chi connectivity index (χ2n) is 4.77. The number of carbonyl (C=O) groups excluding carboxylic acids is 1. The van der Waals surface area contributed by atoms with Crippen molar-refractivity contribution in [3.63, 3.8) is 0 Å². The van der Waals surface area contributed by atoms with Crippen LogP contribution in [0.2, 0.25) is 0 Å². The Hall–Kier alpha value is -1.55. The molecule has 0 saturated carbocycles. The molecule has 0 bridgehead atoms. The topological polar surface area (TPSA) is 35.6 Å². The van der Waals surface area contributed by atoms with Gasteiger partial charge in [-0.3, -0.25) is 4.90 Å². The zero-order chi connectivity index (χ0) is 13.1. The number of hydrogen-bond acceptors (Lipinski definition) is 2. The van der Waals surface area contributed by atoms with Gasteiger partial charge in [0.15, 0.2) is 0 Å². The normalized spacial score (nSPS) is 15.6. The zero-order valence-corrected chi connectivity index (χ0v) is 11.4. The predicted octanol–water partition coefficient (Wildman–Crippen LogP) is 1.76. The maximum absolute atomic E-state index is 12.3. The number of carbonyl (C=O) groups is 1. The molecule has 1 N–H and O–H groups in total. The van der Waals surface area contributed by atoms with Crippen molar-refractivity contribution in [2.75, 3.05) is 38.1 Å². The zero-order valence-electron chi connectivity index (χ0n) is 11.4. The van der Waals surface area contributed by atoms with Crippen molar-refractivity contribution in [3.8, 4) is 0 Å². The molecule has 4 nitrogen and oxygen atoms in total. The molecule has 98 valence electrons. The fourth-order valence-corrected chi connectivity index (χ4v) is 2.48. The molecule has 0 radical (unpaired) electrons. The van der Waals surface area contributed by atoms with Gasteiger partial charge in [-0.2, -0.15) is 0 Å². The fourth-order valence-electron chi connectivity index (χ4n) is 2.48. The number of nitrogens with one attached hydrogen (secondary N) is 1. The Bertz CT molecular complexity index is 424. The van der Waals surface area contributed by atoms with Crippen molar-refractivity contribution in [3.05, 3.63) is 29.3 Å². The molecule has 1 aliphatic rings. The molecule has 2 amide bonds. The van der Waals surface area contributed by atoms with E-state index < -0.39 is 0 Å². The summed E-state index contributed by atoms with van der Waals surface area (Å²) in [6.07, 6.45) is 0. The molecular formula is C14H21N3O. The van der Waals surface area contributed by atoms with Crippen LogP contribution >= 0.6 is 0 Å². The van der Waals surface area contributed by atoms with E-state index in [1.54, 1.807) is 0 Å². The van der Waals surface area contributed by atoms with Gasteiger partial charge >= 0.3 is 6.03 Å². The lowest BCUT2D eigenvalue weighted by Crippen LogP contribution is -2.36. The molecule has 2 rings (SSSR count). The second kappa shape index (κ2) is 5.40. The fraction of sp³-hybridized carbons (Fsp3) is 0.500. The average molecular weight is 247 g/mol. The first-order chi connectivity index (χ1) is 8.65. The Kier molecular flexibility index (Phi) is 3.87. The highest BCUT2D eigenvalue weighted by Crippen LogP contribution is 2.27. The van der Waals surface area contributed by atoms with E-state index in [1.807, 2.05) is 22.9 Å². The highest BCUT2D eigenvalue weighted by molar-refractivity contribution is 5.95. The quantitative estimate of drug-likeness (QED) is 0.880. The Balaban J connectivity index is 2.18. The van der Waals surface area contributed by atoms with Gasteiger partial charge in [0.25, 0.3) is 0 Å². The average Bonchev–Trinajstić information content (AvgIpc) is 2.69. The van der Waals surface area contributed by atoms with Crippen LogP contribution in [-0.2, 0) is 0 Å². The minimum absolute atomic E-state index is 0.127. The highest BCUT2D eigenvalue weighted by Gasteiger charge is 2.30. The number of urea groups is 1. The summed E-state index contributed by atoms with van der Waals surface area (Å²) in [5.74, 6) is 0. The number of aryl methyl sites for hydroxylation is 2. The summed E-state index contributed by atoms with van der Waals surface area (Å²) in [4.78, 5) is 16.1. The van der Waals surface area contributed by atoms with Crippen LogP contribution < -0.4 is 10.2 Å². The van der Waals surface area contributed by atoms with Crippen LogP contribution in [0.1, 0.15) is 11.1 Å². The van der Waals surface area contributed by atoms with Crippen LogP contribution in [0.3, 0.4) is 0 Å². The number of likely N-dealkylation sites (N-methyl/N-ethyl adjacent to an activating group) is 1. The Morgan fingerprint density at radius 2 is 1.89 bits per heavy atom. The first kappa shape index (κ1) is 12.9. The van der Waals surface area contributed by atoms with E-state index in [0.29, 0.717) is 0 Å². The molecule has 1 aromatic rings. The van der Waals surface area contributed by atoms with Crippen LogP contribution in [-0.4, -0.2) is 44.2 Å². The minimum atomic E-state index is 0.127. The van der Waals surface area contributed by atoms with Crippen molar-refractivity contribution < 1.29 is 4.79 Å². The summed E-state index contributed by atoms with van der Waals surface area (Å²) in [6, 6.07) is 6.29. The third-order valence-corrected chi connectivity index (χ3v) is 3.44. The van der Waals surface area contributed by atoms with Gasteiger partial charge < -0.3 is 10.2 Å². The number of nitrogens with zero attached hydrogens (tertiary/aromatic N) is 2. The number of para-hydroxylation sites is 1. The van der Waals surface area contributed by atoms with Crippen LogP contribution in [0.15, 0.2) is 18.2 Å². The van der Waals surface area contributed by atoms with E-state index >= 15 is 0 Å². The SMILES string of the molecule is CNCCN1CCN(c2c(C)cccc2C)C1=O. The molecule has 0 spiro atoms. The maximum atomic E-state index is 12.3. The second-order valence-corrected chi connectivity index (χ2v) is 4.77. The molecule has 1 fully saturated rings. The van der Waals surface area contributed by atoms with Crippen LogP contribution in [0, 0.1) is 13.8 Å². The smallest absolute Gasteiger partial charge is 0.321 e. The van der Waals surface area contributed by atoms with Gasteiger partial charge in [0, 0.05) is 26.2 Å². The summed E-state index contributed by atoms with van der Waals surface area (Å²) >= 11 is 0. The first-order valence-electron chi connectivity index (χ1n) is 6.42.